The van der Waals surface area contributed by atoms with Crippen molar-refractivity contribution in [3.8, 4) is 0 Å². The fourth-order valence-corrected chi connectivity index (χ4v) is 6.92. The van der Waals surface area contributed by atoms with Gasteiger partial charge >= 0.3 is 0 Å². The van der Waals surface area contributed by atoms with E-state index in [1.54, 1.807) is 67.6 Å². The topological polar surface area (TPSA) is 86.8 Å². The zero-order chi connectivity index (χ0) is 29.6. The van der Waals surface area contributed by atoms with Crippen LogP contribution in [0.15, 0.2) is 77.7 Å². The van der Waals surface area contributed by atoms with Crippen LogP contribution in [-0.2, 0) is 26.2 Å². The second-order valence-electron chi connectivity index (χ2n) is 10.4. The highest BCUT2D eigenvalue weighted by molar-refractivity contribution is 7.92. The molecule has 7 nitrogen and oxygen atoms in total. The van der Waals surface area contributed by atoms with Crippen molar-refractivity contribution in [2.24, 2.45) is 0 Å². The van der Waals surface area contributed by atoms with E-state index in [1.165, 1.54) is 17.0 Å². The molecule has 1 N–H and O–H groups in total. The van der Waals surface area contributed by atoms with Gasteiger partial charge in [0, 0.05) is 28.2 Å². The van der Waals surface area contributed by atoms with Gasteiger partial charge in [-0.1, -0.05) is 84.4 Å². The Bertz CT molecular complexity index is 1440. The largest absolute Gasteiger partial charge is 0.352 e. The van der Waals surface area contributed by atoms with Crippen LogP contribution in [0, 0.1) is 6.92 Å². The molecule has 0 bridgehead atoms. The van der Waals surface area contributed by atoms with Gasteiger partial charge in [0.1, 0.15) is 12.6 Å². The molecule has 10 heteroatoms. The number of hydrogen-bond donors (Lipinski definition) is 1. The summed E-state index contributed by atoms with van der Waals surface area (Å²) in [6.45, 7) is 2.95. The van der Waals surface area contributed by atoms with Gasteiger partial charge in [-0.15, -0.1) is 0 Å². The predicted octanol–water partition coefficient (Wildman–Crippen LogP) is 6.36. The molecule has 0 aliphatic heterocycles. The first kappa shape index (κ1) is 30.9. The monoisotopic (exact) mass is 615 g/mol. The first-order chi connectivity index (χ1) is 19.6. The van der Waals surface area contributed by atoms with Crippen LogP contribution in [0.2, 0.25) is 10.0 Å². The van der Waals surface area contributed by atoms with Crippen molar-refractivity contribution in [3.63, 3.8) is 0 Å². The number of amides is 2. The Labute approximate surface area is 252 Å². The van der Waals surface area contributed by atoms with E-state index >= 15 is 0 Å². The van der Waals surface area contributed by atoms with E-state index < -0.39 is 28.5 Å². The molecule has 1 aliphatic rings. The Morgan fingerprint density at radius 2 is 1.51 bits per heavy atom. The third-order valence-corrected chi connectivity index (χ3v) is 9.94. The maximum absolute atomic E-state index is 14.1. The summed E-state index contributed by atoms with van der Waals surface area (Å²) in [6, 6.07) is 19.0. The Kier molecular flexibility index (Phi) is 10.3. The first-order valence-electron chi connectivity index (χ1n) is 13.7. The fourth-order valence-electron chi connectivity index (χ4n) is 4.96. The molecule has 0 spiro atoms. The third kappa shape index (κ3) is 7.61. The number of carbonyl (C=O) groups excluding carboxylic acids is 2. The molecule has 1 unspecified atom stereocenters. The van der Waals surface area contributed by atoms with Gasteiger partial charge in [-0.2, -0.15) is 0 Å². The molecule has 4 rings (SSSR count). The average Bonchev–Trinajstić information content (AvgIpc) is 2.97. The summed E-state index contributed by atoms with van der Waals surface area (Å²) in [4.78, 5) is 28.9. The molecule has 1 atom stereocenters. The lowest BCUT2D eigenvalue weighted by molar-refractivity contribution is -0.139. The van der Waals surface area contributed by atoms with E-state index in [0.29, 0.717) is 21.3 Å². The Hall–Kier alpha value is -3.07. The number of rotatable bonds is 10. The first-order valence-corrected chi connectivity index (χ1v) is 15.9. The van der Waals surface area contributed by atoms with Crippen LogP contribution >= 0.6 is 23.2 Å². The van der Waals surface area contributed by atoms with Crippen molar-refractivity contribution >= 4 is 50.7 Å². The van der Waals surface area contributed by atoms with E-state index in [2.05, 4.69) is 5.32 Å². The number of benzene rings is 3. The highest BCUT2D eigenvalue weighted by atomic mass is 35.5. The number of nitrogens with one attached hydrogen (secondary N) is 1. The van der Waals surface area contributed by atoms with Crippen LogP contribution in [0.1, 0.15) is 50.2 Å². The molecule has 218 valence electrons. The normalized spacial score (nSPS) is 14.7. The summed E-state index contributed by atoms with van der Waals surface area (Å²) in [5.41, 5.74) is 1.76. The number of sulfonamides is 1. The summed E-state index contributed by atoms with van der Waals surface area (Å²) < 4.78 is 28.8. The van der Waals surface area contributed by atoms with E-state index in [-0.39, 0.29) is 23.4 Å². The summed E-state index contributed by atoms with van der Waals surface area (Å²) in [6.07, 6.45) is 5.00. The lowest BCUT2D eigenvalue weighted by Gasteiger charge is -2.33. The van der Waals surface area contributed by atoms with Crippen molar-refractivity contribution < 1.29 is 18.0 Å². The van der Waals surface area contributed by atoms with Gasteiger partial charge in [-0.25, -0.2) is 8.42 Å². The molecule has 3 aromatic rings. The van der Waals surface area contributed by atoms with Gasteiger partial charge in [-0.3, -0.25) is 13.9 Å². The number of carbonyl (C=O) groups is 2. The molecule has 1 aliphatic carbocycles. The standard InChI is InChI=1S/C31H35Cl2N3O4S/c1-22-16-18-25(19-17-22)36(41(39,40)26-12-7-4-8-13-26)21-30(37)35(20-27-28(32)14-9-15-29(27)33)23(2)31(38)34-24-10-5-3-6-11-24/h4,7-9,12-19,23-24H,3,5-6,10-11,20-21H2,1-2H3,(H,34,38). The van der Waals surface area contributed by atoms with Crippen LogP contribution in [0.5, 0.6) is 0 Å². The van der Waals surface area contributed by atoms with Crippen LogP contribution in [0.3, 0.4) is 0 Å². The SMILES string of the molecule is Cc1ccc(N(CC(=O)N(Cc2c(Cl)cccc2Cl)C(C)C(=O)NC2CCCCC2)S(=O)(=O)c2ccccc2)cc1. The Balaban J connectivity index is 1.69. The molecule has 3 aromatic carbocycles. The average molecular weight is 617 g/mol. The molecule has 0 heterocycles. The van der Waals surface area contributed by atoms with E-state index in [9.17, 15) is 18.0 Å². The molecular weight excluding hydrogens is 581 g/mol. The predicted molar refractivity (Wildman–Crippen MR) is 164 cm³/mol. The molecule has 2 amide bonds. The zero-order valence-corrected chi connectivity index (χ0v) is 25.6. The second kappa shape index (κ2) is 13.7. The van der Waals surface area contributed by atoms with Crippen molar-refractivity contribution in [3.05, 3.63) is 94.0 Å². The van der Waals surface area contributed by atoms with E-state index in [0.717, 1.165) is 42.0 Å². The van der Waals surface area contributed by atoms with E-state index in [1.807, 2.05) is 6.92 Å². The highest BCUT2D eigenvalue weighted by Gasteiger charge is 2.33. The third-order valence-electron chi connectivity index (χ3n) is 7.44. The van der Waals surface area contributed by atoms with Crippen LogP contribution in [0.4, 0.5) is 5.69 Å². The fraction of sp³-hybridized carbons (Fsp3) is 0.355. The summed E-state index contributed by atoms with van der Waals surface area (Å²) in [5, 5.41) is 3.78. The van der Waals surface area contributed by atoms with Gasteiger partial charge in [0.05, 0.1) is 10.6 Å². The molecular formula is C31H35Cl2N3O4S. The molecule has 41 heavy (non-hydrogen) atoms. The second-order valence-corrected chi connectivity index (χ2v) is 13.1. The van der Waals surface area contributed by atoms with Crippen LogP contribution < -0.4 is 9.62 Å². The van der Waals surface area contributed by atoms with Crippen LogP contribution in [-0.4, -0.2) is 43.8 Å². The van der Waals surface area contributed by atoms with Gasteiger partial charge in [-0.05, 0) is 63.1 Å². The maximum Gasteiger partial charge on any atom is 0.264 e. The van der Waals surface area contributed by atoms with E-state index in [4.69, 9.17) is 23.2 Å². The number of hydrogen-bond acceptors (Lipinski definition) is 4. The van der Waals surface area contributed by atoms with Crippen molar-refractivity contribution in [2.45, 2.75) is 69.5 Å². The minimum atomic E-state index is -4.12. The molecule has 1 saturated carbocycles. The van der Waals surface area contributed by atoms with Gasteiger partial charge in [0.2, 0.25) is 11.8 Å². The highest BCUT2D eigenvalue weighted by Crippen LogP contribution is 2.28. The Morgan fingerprint density at radius 3 is 2.12 bits per heavy atom. The number of anilines is 1. The number of aryl methyl sites for hydroxylation is 1. The molecule has 0 radical (unpaired) electrons. The number of nitrogens with zero attached hydrogens (tertiary/aromatic N) is 2. The molecule has 0 aromatic heterocycles. The zero-order valence-electron chi connectivity index (χ0n) is 23.2. The smallest absolute Gasteiger partial charge is 0.264 e. The lowest BCUT2D eigenvalue weighted by Crippen LogP contribution is -2.53. The quantitative estimate of drug-likeness (QED) is 0.287. The maximum atomic E-state index is 14.1. The van der Waals surface area contributed by atoms with Crippen molar-refractivity contribution in [1.29, 1.82) is 0 Å². The summed E-state index contributed by atoms with van der Waals surface area (Å²) in [5.74, 6) is -0.867. The van der Waals surface area contributed by atoms with Crippen LogP contribution in [0.25, 0.3) is 0 Å². The lowest BCUT2D eigenvalue weighted by atomic mass is 9.95. The molecule has 0 saturated heterocycles. The van der Waals surface area contributed by atoms with Gasteiger partial charge in [0.15, 0.2) is 0 Å². The minimum Gasteiger partial charge on any atom is -0.352 e. The van der Waals surface area contributed by atoms with Crippen molar-refractivity contribution in [1.82, 2.24) is 10.2 Å². The Morgan fingerprint density at radius 1 is 0.902 bits per heavy atom. The minimum absolute atomic E-state index is 0.0436. The van der Waals surface area contributed by atoms with Gasteiger partial charge < -0.3 is 10.2 Å². The number of halogens is 2. The molecule has 1 fully saturated rings. The van der Waals surface area contributed by atoms with Gasteiger partial charge in [0.25, 0.3) is 10.0 Å². The summed E-state index contributed by atoms with van der Waals surface area (Å²) in [7, 11) is -4.12. The van der Waals surface area contributed by atoms with Crippen molar-refractivity contribution in [2.75, 3.05) is 10.8 Å². The summed E-state index contributed by atoms with van der Waals surface area (Å²) >= 11 is 12.9.